The molecule has 0 radical (unpaired) electrons. The van der Waals surface area contributed by atoms with Gasteiger partial charge in [-0.1, -0.05) is 11.6 Å². The van der Waals surface area contributed by atoms with E-state index in [-0.39, 0.29) is 0 Å². The fourth-order valence-electron chi connectivity index (χ4n) is 1.98. The lowest BCUT2D eigenvalue weighted by Crippen LogP contribution is -2.49. The van der Waals surface area contributed by atoms with Crippen LogP contribution in [0.2, 0.25) is 4.34 Å². The SMILES string of the molecule is CN1CCNCC1CCc1ccc(Cl)s1. The van der Waals surface area contributed by atoms with Crippen LogP contribution in [-0.2, 0) is 6.42 Å². The number of hydrogen-bond acceptors (Lipinski definition) is 3. The fourth-order valence-corrected chi connectivity index (χ4v) is 3.08. The summed E-state index contributed by atoms with van der Waals surface area (Å²) in [4.78, 5) is 3.85. The van der Waals surface area contributed by atoms with Gasteiger partial charge in [0.25, 0.3) is 0 Å². The van der Waals surface area contributed by atoms with E-state index in [0.717, 1.165) is 30.4 Å². The molecule has 2 nitrogen and oxygen atoms in total. The minimum atomic E-state index is 0.680. The molecule has 1 atom stereocenters. The molecular weight excluding hydrogens is 228 g/mol. The Balaban J connectivity index is 1.81. The van der Waals surface area contributed by atoms with Crippen LogP contribution in [0, 0.1) is 0 Å². The Morgan fingerprint density at radius 1 is 1.60 bits per heavy atom. The maximum Gasteiger partial charge on any atom is 0.0931 e. The van der Waals surface area contributed by atoms with Crippen LogP contribution in [0.1, 0.15) is 11.3 Å². The number of hydrogen-bond donors (Lipinski definition) is 1. The molecule has 1 aliphatic rings. The second-order valence-electron chi connectivity index (χ2n) is 4.08. The number of nitrogens with one attached hydrogen (secondary N) is 1. The zero-order valence-corrected chi connectivity index (χ0v) is 10.6. The molecule has 1 aliphatic heterocycles. The van der Waals surface area contributed by atoms with Gasteiger partial charge in [-0.15, -0.1) is 11.3 Å². The van der Waals surface area contributed by atoms with Gasteiger partial charge in [0.2, 0.25) is 0 Å². The molecule has 1 aromatic rings. The Bertz CT molecular complexity index is 313. The molecule has 2 rings (SSSR count). The van der Waals surface area contributed by atoms with Gasteiger partial charge in [-0.2, -0.15) is 0 Å². The average Bonchev–Trinajstić information content (AvgIpc) is 2.63. The first kappa shape index (κ1) is 11.4. The highest BCUT2D eigenvalue weighted by atomic mass is 35.5. The summed E-state index contributed by atoms with van der Waals surface area (Å²) in [6, 6.07) is 4.81. The van der Waals surface area contributed by atoms with Gasteiger partial charge in [-0.3, -0.25) is 0 Å². The van der Waals surface area contributed by atoms with E-state index in [1.54, 1.807) is 11.3 Å². The lowest BCUT2D eigenvalue weighted by Gasteiger charge is -2.33. The molecule has 0 spiro atoms. The summed E-state index contributed by atoms with van der Waals surface area (Å²) in [5.74, 6) is 0. The van der Waals surface area contributed by atoms with Crippen LogP contribution in [0.4, 0.5) is 0 Å². The minimum absolute atomic E-state index is 0.680. The molecule has 1 aromatic heterocycles. The number of piperazine rings is 1. The normalized spacial score (nSPS) is 23.2. The van der Waals surface area contributed by atoms with E-state index in [2.05, 4.69) is 23.3 Å². The molecule has 2 heterocycles. The summed E-state index contributed by atoms with van der Waals surface area (Å²) < 4.78 is 0.903. The first-order valence-electron chi connectivity index (χ1n) is 5.41. The van der Waals surface area contributed by atoms with Gasteiger partial charge in [0, 0.05) is 30.6 Å². The Morgan fingerprint density at radius 3 is 3.13 bits per heavy atom. The minimum Gasteiger partial charge on any atom is -0.314 e. The Kier molecular flexibility index (Phi) is 4.03. The smallest absolute Gasteiger partial charge is 0.0931 e. The van der Waals surface area contributed by atoms with Gasteiger partial charge in [0.05, 0.1) is 4.34 Å². The van der Waals surface area contributed by atoms with Crippen molar-refractivity contribution in [3.8, 4) is 0 Å². The first-order chi connectivity index (χ1) is 7.25. The third-order valence-corrected chi connectivity index (χ3v) is 4.29. The van der Waals surface area contributed by atoms with Crippen molar-refractivity contribution in [2.75, 3.05) is 26.7 Å². The van der Waals surface area contributed by atoms with Gasteiger partial charge in [-0.25, -0.2) is 0 Å². The van der Waals surface area contributed by atoms with Gasteiger partial charge in [-0.05, 0) is 32.0 Å². The second-order valence-corrected chi connectivity index (χ2v) is 5.88. The summed E-state index contributed by atoms with van der Waals surface area (Å²) in [5.41, 5.74) is 0. The van der Waals surface area contributed by atoms with E-state index in [1.165, 1.54) is 11.3 Å². The number of nitrogens with zero attached hydrogens (tertiary/aromatic N) is 1. The molecule has 1 saturated heterocycles. The van der Waals surface area contributed by atoms with Crippen LogP contribution in [-0.4, -0.2) is 37.6 Å². The van der Waals surface area contributed by atoms with E-state index in [0.29, 0.717) is 6.04 Å². The average molecular weight is 245 g/mol. The quantitative estimate of drug-likeness (QED) is 0.878. The number of halogens is 1. The predicted octanol–water partition coefficient (Wildman–Crippen LogP) is 2.24. The summed E-state index contributed by atoms with van der Waals surface area (Å²) >= 11 is 7.61. The lowest BCUT2D eigenvalue weighted by atomic mass is 10.1. The fraction of sp³-hybridized carbons (Fsp3) is 0.636. The van der Waals surface area contributed by atoms with Crippen LogP contribution >= 0.6 is 22.9 Å². The van der Waals surface area contributed by atoms with E-state index in [4.69, 9.17) is 11.6 Å². The maximum atomic E-state index is 5.91. The topological polar surface area (TPSA) is 15.3 Å². The van der Waals surface area contributed by atoms with Crippen LogP contribution in [0.25, 0.3) is 0 Å². The van der Waals surface area contributed by atoms with Gasteiger partial charge in [0.1, 0.15) is 0 Å². The second kappa shape index (κ2) is 5.30. The molecule has 4 heteroatoms. The van der Waals surface area contributed by atoms with Crippen molar-refractivity contribution >= 4 is 22.9 Å². The maximum absolute atomic E-state index is 5.91. The van der Waals surface area contributed by atoms with Crippen LogP contribution in [0.15, 0.2) is 12.1 Å². The van der Waals surface area contributed by atoms with E-state index >= 15 is 0 Å². The highest BCUT2D eigenvalue weighted by molar-refractivity contribution is 7.16. The molecule has 0 saturated carbocycles. The van der Waals surface area contributed by atoms with Crippen molar-refractivity contribution in [3.63, 3.8) is 0 Å². The van der Waals surface area contributed by atoms with Crippen molar-refractivity contribution in [3.05, 3.63) is 21.3 Å². The largest absolute Gasteiger partial charge is 0.314 e. The van der Waals surface area contributed by atoms with E-state index < -0.39 is 0 Å². The third kappa shape index (κ3) is 3.18. The van der Waals surface area contributed by atoms with Crippen LogP contribution in [0.5, 0.6) is 0 Å². The lowest BCUT2D eigenvalue weighted by molar-refractivity contribution is 0.191. The molecule has 0 amide bonds. The third-order valence-electron chi connectivity index (χ3n) is 3.00. The van der Waals surface area contributed by atoms with E-state index in [9.17, 15) is 0 Å². The highest BCUT2D eigenvalue weighted by Gasteiger charge is 2.18. The molecule has 15 heavy (non-hydrogen) atoms. The molecular formula is C11H17ClN2S. The molecule has 84 valence electrons. The predicted molar refractivity (Wildman–Crippen MR) is 66.9 cm³/mol. The van der Waals surface area contributed by atoms with Crippen molar-refractivity contribution in [1.29, 1.82) is 0 Å². The summed E-state index contributed by atoms with van der Waals surface area (Å²) in [7, 11) is 2.22. The van der Waals surface area contributed by atoms with Gasteiger partial charge < -0.3 is 10.2 Å². The van der Waals surface area contributed by atoms with Crippen LogP contribution < -0.4 is 5.32 Å². The number of rotatable bonds is 3. The standard InChI is InChI=1S/C11H17ClN2S/c1-14-7-6-13-8-9(14)2-3-10-4-5-11(12)15-10/h4-5,9,13H,2-3,6-8H2,1H3. The number of likely N-dealkylation sites (N-methyl/N-ethyl adjacent to an activating group) is 1. The molecule has 1 fully saturated rings. The summed E-state index contributed by atoms with van der Waals surface area (Å²) in [6.45, 7) is 3.41. The number of thiophene rings is 1. The Labute approximate surface area is 100 Å². The van der Waals surface area contributed by atoms with Crippen molar-refractivity contribution in [1.82, 2.24) is 10.2 Å². The first-order valence-corrected chi connectivity index (χ1v) is 6.60. The molecule has 0 aromatic carbocycles. The van der Waals surface area contributed by atoms with Gasteiger partial charge in [0.15, 0.2) is 0 Å². The highest BCUT2D eigenvalue weighted by Crippen LogP contribution is 2.23. The summed E-state index contributed by atoms with van der Waals surface area (Å²) in [5, 5.41) is 3.44. The van der Waals surface area contributed by atoms with E-state index in [1.807, 2.05) is 6.07 Å². The molecule has 1 N–H and O–H groups in total. The van der Waals surface area contributed by atoms with Crippen molar-refractivity contribution < 1.29 is 0 Å². The number of aryl methyl sites for hydroxylation is 1. The molecule has 0 bridgehead atoms. The Morgan fingerprint density at radius 2 is 2.47 bits per heavy atom. The van der Waals surface area contributed by atoms with Crippen molar-refractivity contribution in [2.45, 2.75) is 18.9 Å². The zero-order chi connectivity index (χ0) is 10.7. The zero-order valence-electron chi connectivity index (χ0n) is 9.00. The van der Waals surface area contributed by atoms with Gasteiger partial charge >= 0.3 is 0 Å². The summed E-state index contributed by atoms with van der Waals surface area (Å²) in [6.07, 6.45) is 2.37. The molecule has 1 unspecified atom stereocenters. The monoisotopic (exact) mass is 244 g/mol. The molecule has 0 aliphatic carbocycles. The Hall–Kier alpha value is -0.0900. The van der Waals surface area contributed by atoms with Crippen molar-refractivity contribution in [2.24, 2.45) is 0 Å². The van der Waals surface area contributed by atoms with Crippen LogP contribution in [0.3, 0.4) is 0 Å².